The number of aryl methyl sites for hydroxylation is 1. The Morgan fingerprint density at radius 3 is 2.48 bits per heavy atom. The molecule has 0 saturated heterocycles. The summed E-state index contributed by atoms with van der Waals surface area (Å²) in [6, 6.07) is 9.85. The monoisotopic (exact) mass is 373 g/mol. The number of aromatic nitrogens is 2. The summed E-state index contributed by atoms with van der Waals surface area (Å²) in [6.07, 6.45) is 0.325. The summed E-state index contributed by atoms with van der Waals surface area (Å²) < 4.78 is 36.6. The average molecular weight is 373 g/mol. The molecule has 1 amide bonds. The molecule has 1 aromatic heterocycles. The Labute approximate surface area is 154 Å². The number of carbonyl (C=O) groups is 1. The van der Waals surface area contributed by atoms with Crippen LogP contribution < -0.4 is 10.1 Å². The smallest absolute Gasteiger partial charge is 0.251 e. The fourth-order valence-electron chi connectivity index (χ4n) is 2.43. The van der Waals surface area contributed by atoms with Gasteiger partial charge in [-0.15, -0.1) is 0 Å². The van der Waals surface area contributed by atoms with Gasteiger partial charge in [0.25, 0.3) is 5.91 Å². The Hall–Kier alpha value is -3.29. The van der Waals surface area contributed by atoms with Crippen LogP contribution in [0.25, 0.3) is 0 Å². The van der Waals surface area contributed by atoms with Gasteiger partial charge in [-0.2, -0.15) is 4.98 Å². The normalized spacial score (nSPS) is 10.6. The molecule has 3 rings (SSSR count). The first-order valence-corrected chi connectivity index (χ1v) is 8.25. The minimum atomic E-state index is -0.636. The van der Waals surface area contributed by atoms with Crippen molar-refractivity contribution in [3.8, 4) is 5.75 Å². The molecule has 0 aliphatic carbocycles. The van der Waals surface area contributed by atoms with E-state index in [2.05, 4.69) is 15.5 Å². The number of benzene rings is 2. The van der Waals surface area contributed by atoms with E-state index in [4.69, 9.17) is 9.26 Å². The van der Waals surface area contributed by atoms with Crippen LogP contribution in [0.5, 0.6) is 5.75 Å². The number of rotatable bonds is 7. The van der Waals surface area contributed by atoms with Gasteiger partial charge in [0.15, 0.2) is 6.61 Å². The van der Waals surface area contributed by atoms with Crippen molar-refractivity contribution in [2.75, 3.05) is 6.54 Å². The van der Waals surface area contributed by atoms with Gasteiger partial charge in [-0.3, -0.25) is 4.79 Å². The van der Waals surface area contributed by atoms with Gasteiger partial charge in [-0.1, -0.05) is 5.16 Å². The molecule has 27 heavy (non-hydrogen) atoms. The lowest BCUT2D eigenvalue weighted by Crippen LogP contribution is -2.25. The van der Waals surface area contributed by atoms with Crippen molar-refractivity contribution in [3.63, 3.8) is 0 Å². The third-order valence-electron chi connectivity index (χ3n) is 3.68. The van der Waals surface area contributed by atoms with E-state index in [1.807, 2.05) is 0 Å². The zero-order chi connectivity index (χ0) is 19.2. The van der Waals surface area contributed by atoms with Crippen molar-refractivity contribution in [1.29, 1.82) is 0 Å². The highest BCUT2D eigenvalue weighted by Crippen LogP contribution is 2.14. The number of halogens is 2. The molecule has 0 atom stereocenters. The summed E-state index contributed by atoms with van der Waals surface area (Å²) in [5, 5.41) is 6.43. The minimum absolute atomic E-state index is 0.160. The first-order chi connectivity index (χ1) is 13.0. The molecule has 1 N–H and O–H groups in total. The Morgan fingerprint density at radius 2 is 1.85 bits per heavy atom. The molecule has 140 valence electrons. The standard InChI is InChI=1S/C19H17F2N3O3/c1-12-23-18(24-27-12)11-26-17-4-2-14(3-5-17)19(25)22-7-6-13-8-15(20)10-16(21)9-13/h2-5,8-10H,6-7,11H2,1H3,(H,22,25). The molecule has 2 aromatic carbocycles. The highest BCUT2D eigenvalue weighted by molar-refractivity contribution is 5.94. The molecule has 3 aromatic rings. The van der Waals surface area contributed by atoms with Crippen LogP contribution in [0.1, 0.15) is 27.6 Å². The number of nitrogens with zero attached hydrogens (tertiary/aromatic N) is 2. The number of hydrogen-bond donors (Lipinski definition) is 1. The molecule has 1 heterocycles. The highest BCUT2D eigenvalue weighted by atomic mass is 19.1. The molecular formula is C19H17F2N3O3. The van der Waals surface area contributed by atoms with Gasteiger partial charge >= 0.3 is 0 Å². The summed E-state index contributed by atoms with van der Waals surface area (Å²) in [5.74, 6) is -0.105. The quantitative estimate of drug-likeness (QED) is 0.688. The van der Waals surface area contributed by atoms with Crippen molar-refractivity contribution < 1.29 is 22.8 Å². The van der Waals surface area contributed by atoms with Gasteiger partial charge in [0.05, 0.1) is 0 Å². The van der Waals surface area contributed by atoms with Crippen LogP contribution in [-0.4, -0.2) is 22.6 Å². The fraction of sp³-hybridized carbons (Fsp3) is 0.211. The van der Waals surface area contributed by atoms with Crippen LogP contribution in [0, 0.1) is 18.6 Å². The third-order valence-corrected chi connectivity index (χ3v) is 3.68. The second-order valence-corrected chi connectivity index (χ2v) is 5.83. The number of ether oxygens (including phenoxy) is 1. The minimum Gasteiger partial charge on any atom is -0.485 e. The molecular weight excluding hydrogens is 356 g/mol. The molecule has 0 unspecified atom stereocenters. The topological polar surface area (TPSA) is 77.2 Å². The molecule has 8 heteroatoms. The maximum atomic E-state index is 13.1. The Bertz CT molecular complexity index is 906. The number of hydrogen-bond acceptors (Lipinski definition) is 5. The maximum absolute atomic E-state index is 13.1. The molecule has 0 bridgehead atoms. The summed E-state index contributed by atoms with van der Waals surface area (Å²) in [5.41, 5.74) is 0.927. The number of nitrogens with one attached hydrogen (secondary N) is 1. The lowest BCUT2D eigenvalue weighted by Gasteiger charge is -2.07. The first kappa shape index (κ1) is 18.5. The van der Waals surface area contributed by atoms with E-state index in [9.17, 15) is 13.6 Å². The Morgan fingerprint density at radius 1 is 1.15 bits per heavy atom. The zero-order valence-electron chi connectivity index (χ0n) is 14.5. The second kappa shape index (κ2) is 8.39. The van der Waals surface area contributed by atoms with E-state index in [0.29, 0.717) is 35.0 Å². The first-order valence-electron chi connectivity index (χ1n) is 8.25. The van der Waals surface area contributed by atoms with E-state index in [0.717, 1.165) is 6.07 Å². The van der Waals surface area contributed by atoms with Crippen LogP contribution in [-0.2, 0) is 13.0 Å². The van der Waals surface area contributed by atoms with E-state index >= 15 is 0 Å². The fourth-order valence-corrected chi connectivity index (χ4v) is 2.43. The molecule has 0 fully saturated rings. The van der Waals surface area contributed by atoms with Gasteiger partial charge in [0, 0.05) is 25.1 Å². The van der Waals surface area contributed by atoms with Crippen molar-refractivity contribution in [2.45, 2.75) is 20.0 Å². The van der Waals surface area contributed by atoms with Crippen molar-refractivity contribution in [2.24, 2.45) is 0 Å². The molecule has 6 nitrogen and oxygen atoms in total. The lowest BCUT2D eigenvalue weighted by molar-refractivity contribution is 0.0954. The van der Waals surface area contributed by atoms with Crippen molar-refractivity contribution in [1.82, 2.24) is 15.5 Å². The number of amides is 1. The second-order valence-electron chi connectivity index (χ2n) is 5.83. The average Bonchev–Trinajstić information content (AvgIpc) is 3.05. The van der Waals surface area contributed by atoms with E-state index in [-0.39, 0.29) is 19.1 Å². The number of carbonyl (C=O) groups excluding carboxylic acids is 1. The van der Waals surface area contributed by atoms with E-state index < -0.39 is 11.6 Å². The molecule has 0 radical (unpaired) electrons. The molecule has 0 saturated carbocycles. The van der Waals surface area contributed by atoms with Gasteiger partial charge in [0.2, 0.25) is 11.7 Å². The van der Waals surface area contributed by atoms with Gasteiger partial charge in [-0.25, -0.2) is 8.78 Å². The largest absolute Gasteiger partial charge is 0.485 e. The Balaban J connectivity index is 1.48. The van der Waals surface area contributed by atoms with Crippen LogP contribution in [0.4, 0.5) is 8.78 Å². The summed E-state index contributed by atoms with van der Waals surface area (Å²) in [6.45, 7) is 2.11. The third kappa shape index (κ3) is 5.34. The van der Waals surface area contributed by atoms with Crippen LogP contribution in [0.15, 0.2) is 47.0 Å². The zero-order valence-corrected chi connectivity index (χ0v) is 14.5. The summed E-state index contributed by atoms with van der Waals surface area (Å²) in [7, 11) is 0. The summed E-state index contributed by atoms with van der Waals surface area (Å²) >= 11 is 0. The molecule has 0 aliphatic rings. The molecule has 0 aliphatic heterocycles. The molecule has 0 spiro atoms. The van der Waals surface area contributed by atoms with Crippen LogP contribution in [0.2, 0.25) is 0 Å². The van der Waals surface area contributed by atoms with Crippen molar-refractivity contribution >= 4 is 5.91 Å². The lowest BCUT2D eigenvalue weighted by atomic mass is 10.1. The van der Waals surface area contributed by atoms with E-state index in [1.165, 1.54) is 12.1 Å². The highest BCUT2D eigenvalue weighted by Gasteiger charge is 2.07. The van der Waals surface area contributed by atoms with Crippen LogP contribution >= 0.6 is 0 Å². The summed E-state index contributed by atoms with van der Waals surface area (Å²) in [4.78, 5) is 16.2. The van der Waals surface area contributed by atoms with Gasteiger partial charge < -0.3 is 14.6 Å². The predicted molar refractivity (Wildman–Crippen MR) is 92.2 cm³/mol. The van der Waals surface area contributed by atoms with Gasteiger partial charge in [-0.05, 0) is 48.4 Å². The predicted octanol–water partition coefficient (Wildman–Crippen LogP) is 3.21. The van der Waals surface area contributed by atoms with Gasteiger partial charge in [0.1, 0.15) is 17.4 Å². The SMILES string of the molecule is Cc1nc(COc2ccc(C(=O)NCCc3cc(F)cc(F)c3)cc2)no1. The maximum Gasteiger partial charge on any atom is 0.251 e. The van der Waals surface area contributed by atoms with Crippen molar-refractivity contribution in [3.05, 3.63) is 76.9 Å². The van der Waals surface area contributed by atoms with Crippen LogP contribution in [0.3, 0.4) is 0 Å². The van der Waals surface area contributed by atoms with E-state index in [1.54, 1.807) is 31.2 Å². The Kier molecular flexibility index (Phi) is 5.75.